The van der Waals surface area contributed by atoms with Gasteiger partial charge in [-0.05, 0) is 36.8 Å². The molecule has 168 valence electrons. The smallest absolute Gasteiger partial charge is 0.490 e. The third-order valence-corrected chi connectivity index (χ3v) is 4.58. The number of aryl methyl sites for hydroxylation is 1. The third kappa shape index (κ3) is 4.51. The molecular formula is C21H20F3N5O3. The molecule has 2 heterocycles. The number of carboxylic acids is 1. The van der Waals surface area contributed by atoms with E-state index in [1.54, 1.807) is 0 Å². The number of carbonyl (C=O) groups is 1. The Morgan fingerprint density at radius 1 is 1.16 bits per heavy atom. The average molecular weight is 447 g/mol. The van der Waals surface area contributed by atoms with Gasteiger partial charge in [0.2, 0.25) is 5.95 Å². The van der Waals surface area contributed by atoms with Gasteiger partial charge in [-0.25, -0.2) is 9.78 Å². The Morgan fingerprint density at radius 3 is 2.34 bits per heavy atom. The molecule has 5 N–H and O–H groups in total. The fourth-order valence-electron chi connectivity index (χ4n) is 3.28. The summed E-state index contributed by atoms with van der Waals surface area (Å²) in [6.07, 6.45) is -3.07. The SMILES string of the molecule is CCOc1ccc(-c2cc3nc(N)nc(N)c3c3ccn(C)c23)cc1.O=C(O)C(F)(F)F. The number of ether oxygens (including phenoxy) is 1. The van der Waals surface area contributed by atoms with Crippen LogP contribution in [0.2, 0.25) is 0 Å². The van der Waals surface area contributed by atoms with Crippen LogP contribution in [-0.2, 0) is 11.8 Å². The van der Waals surface area contributed by atoms with Crippen LogP contribution in [0.25, 0.3) is 32.9 Å². The third-order valence-electron chi connectivity index (χ3n) is 4.58. The molecule has 0 spiro atoms. The first-order valence-electron chi connectivity index (χ1n) is 9.37. The van der Waals surface area contributed by atoms with E-state index in [9.17, 15) is 13.2 Å². The number of benzene rings is 2. The second-order valence-electron chi connectivity index (χ2n) is 6.73. The number of nitrogens with two attached hydrogens (primary N) is 2. The van der Waals surface area contributed by atoms with Crippen molar-refractivity contribution in [2.75, 3.05) is 18.1 Å². The van der Waals surface area contributed by atoms with Crippen molar-refractivity contribution in [3.8, 4) is 16.9 Å². The Bertz CT molecular complexity index is 1280. The lowest BCUT2D eigenvalue weighted by Gasteiger charge is -2.12. The first-order chi connectivity index (χ1) is 15.0. The van der Waals surface area contributed by atoms with Crippen molar-refractivity contribution in [1.29, 1.82) is 0 Å². The molecule has 32 heavy (non-hydrogen) atoms. The van der Waals surface area contributed by atoms with Crippen LogP contribution in [0.4, 0.5) is 24.9 Å². The minimum absolute atomic E-state index is 0.179. The van der Waals surface area contributed by atoms with Crippen molar-refractivity contribution >= 4 is 39.5 Å². The minimum atomic E-state index is -5.08. The predicted molar refractivity (Wildman–Crippen MR) is 115 cm³/mol. The molecule has 8 nitrogen and oxygen atoms in total. The van der Waals surface area contributed by atoms with Gasteiger partial charge in [0.05, 0.1) is 23.0 Å². The van der Waals surface area contributed by atoms with Crippen LogP contribution in [0.15, 0.2) is 42.6 Å². The molecule has 0 radical (unpaired) electrons. The van der Waals surface area contributed by atoms with Gasteiger partial charge in [0.15, 0.2) is 0 Å². The fourth-order valence-corrected chi connectivity index (χ4v) is 3.28. The van der Waals surface area contributed by atoms with Gasteiger partial charge in [0.25, 0.3) is 0 Å². The molecule has 0 saturated carbocycles. The number of hydrogen-bond donors (Lipinski definition) is 3. The van der Waals surface area contributed by atoms with Crippen LogP contribution in [0.3, 0.4) is 0 Å². The van der Waals surface area contributed by atoms with Gasteiger partial charge in [-0.15, -0.1) is 0 Å². The summed E-state index contributed by atoms with van der Waals surface area (Å²) in [5.41, 5.74) is 15.9. The highest BCUT2D eigenvalue weighted by atomic mass is 19.4. The van der Waals surface area contributed by atoms with Gasteiger partial charge in [-0.3, -0.25) is 0 Å². The summed E-state index contributed by atoms with van der Waals surface area (Å²) in [4.78, 5) is 17.4. The van der Waals surface area contributed by atoms with E-state index in [0.717, 1.165) is 38.7 Å². The van der Waals surface area contributed by atoms with Crippen LogP contribution in [0.5, 0.6) is 5.75 Å². The lowest BCUT2D eigenvalue weighted by atomic mass is 9.99. The van der Waals surface area contributed by atoms with E-state index >= 15 is 0 Å². The number of hydrogen-bond acceptors (Lipinski definition) is 6. The number of halogens is 3. The highest BCUT2D eigenvalue weighted by Gasteiger charge is 2.38. The van der Waals surface area contributed by atoms with Gasteiger partial charge >= 0.3 is 12.1 Å². The summed E-state index contributed by atoms with van der Waals surface area (Å²) in [5.74, 6) is -1.33. The Balaban J connectivity index is 0.000000360. The molecule has 0 aliphatic heterocycles. The maximum absolute atomic E-state index is 10.6. The zero-order valence-corrected chi connectivity index (χ0v) is 17.1. The standard InChI is InChI=1S/C19H19N5O.C2HF3O2/c1-3-25-12-6-4-11(5-7-12)14-10-15-16(18(20)23-19(21)22-15)13-8-9-24(2)17(13)14;3-2(4,5)1(6)7/h4-10H,3H2,1-2H3,(H4,20,21,22,23);(H,6,7). The number of fused-ring (bicyclic) bond motifs is 3. The molecule has 0 saturated heterocycles. The fraction of sp³-hybridized carbons (Fsp3) is 0.190. The van der Waals surface area contributed by atoms with Crippen molar-refractivity contribution in [1.82, 2.24) is 14.5 Å². The topological polar surface area (TPSA) is 129 Å². The molecule has 2 aromatic carbocycles. The Hall–Kier alpha value is -4.02. The van der Waals surface area contributed by atoms with Crippen molar-refractivity contribution in [2.24, 2.45) is 7.05 Å². The van der Waals surface area contributed by atoms with Crippen molar-refractivity contribution in [3.05, 3.63) is 42.6 Å². The largest absolute Gasteiger partial charge is 0.494 e. The van der Waals surface area contributed by atoms with Crippen LogP contribution in [-0.4, -0.2) is 38.4 Å². The van der Waals surface area contributed by atoms with Crippen LogP contribution in [0, 0.1) is 0 Å². The first-order valence-corrected chi connectivity index (χ1v) is 9.37. The zero-order chi connectivity index (χ0) is 23.6. The van der Waals surface area contributed by atoms with E-state index in [0.29, 0.717) is 12.4 Å². The lowest BCUT2D eigenvalue weighted by molar-refractivity contribution is -0.192. The number of aliphatic carboxylic acids is 1. The predicted octanol–water partition coefficient (Wildman–Crippen LogP) is 3.98. The number of nitrogens with zero attached hydrogens (tertiary/aromatic N) is 3. The molecule has 0 fully saturated rings. The van der Waals surface area contributed by atoms with E-state index in [2.05, 4.69) is 14.5 Å². The molecule has 11 heteroatoms. The van der Waals surface area contributed by atoms with Gasteiger partial charge in [-0.2, -0.15) is 18.2 Å². The van der Waals surface area contributed by atoms with Gasteiger partial charge in [-0.1, -0.05) is 12.1 Å². The molecular weight excluding hydrogens is 427 g/mol. The summed E-state index contributed by atoms with van der Waals surface area (Å²) in [5, 5.41) is 8.97. The number of carboxylic acid groups (broad SMARTS) is 1. The van der Waals surface area contributed by atoms with Crippen LogP contribution in [0.1, 0.15) is 6.92 Å². The van der Waals surface area contributed by atoms with E-state index in [4.69, 9.17) is 26.1 Å². The van der Waals surface area contributed by atoms with Crippen LogP contribution < -0.4 is 16.2 Å². The molecule has 2 aromatic heterocycles. The van der Waals surface area contributed by atoms with Gasteiger partial charge < -0.3 is 25.9 Å². The molecule has 0 aliphatic rings. The number of alkyl halides is 3. The van der Waals surface area contributed by atoms with E-state index < -0.39 is 12.1 Å². The average Bonchev–Trinajstić information content (AvgIpc) is 3.09. The maximum atomic E-state index is 10.6. The normalized spacial score (nSPS) is 11.3. The highest BCUT2D eigenvalue weighted by molar-refractivity contribution is 6.15. The minimum Gasteiger partial charge on any atom is -0.494 e. The number of aromatic nitrogens is 3. The number of anilines is 2. The molecule has 0 aliphatic carbocycles. The Morgan fingerprint density at radius 2 is 1.78 bits per heavy atom. The van der Waals surface area contributed by atoms with Crippen molar-refractivity contribution < 1.29 is 27.8 Å². The summed E-state index contributed by atoms with van der Waals surface area (Å²) in [7, 11) is 2.01. The molecule has 4 aromatic rings. The van der Waals surface area contributed by atoms with Crippen molar-refractivity contribution in [2.45, 2.75) is 13.1 Å². The zero-order valence-electron chi connectivity index (χ0n) is 17.1. The first kappa shape index (κ1) is 22.7. The highest BCUT2D eigenvalue weighted by Crippen LogP contribution is 2.37. The number of nitrogen functional groups attached to an aromatic ring is 2. The Labute approximate surface area is 180 Å². The quantitative estimate of drug-likeness (QED) is 0.433. The van der Waals surface area contributed by atoms with Crippen molar-refractivity contribution in [3.63, 3.8) is 0 Å². The lowest BCUT2D eigenvalue weighted by Crippen LogP contribution is -2.21. The van der Waals surface area contributed by atoms with Gasteiger partial charge in [0, 0.05) is 24.2 Å². The summed E-state index contributed by atoms with van der Waals surface area (Å²) in [6, 6.07) is 12.1. The molecule has 0 unspecified atom stereocenters. The monoisotopic (exact) mass is 447 g/mol. The molecule has 4 rings (SSSR count). The van der Waals surface area contributed by atoms with E-state index in [1.807, 2.05) is 56.6 Å². The van der Waals surface area contributed by atoms with Gasteiger partial charge in [0.1, 0.15) is 11.6 Å². The van der Waals surface area contributed by atoms with Crippen LogP contribution >= 0.6 is 0 Å². The van der Waals surface area contributed by atoms with E-state index in [1.165, 1.54) is 0 Å². The molecule has 0 atom stereocenters. The number of rotatable bonds is 3. The second-order valence-corrected chi connectivity index (χ2v) is 6.73. The second kappa shape index (κ2) is 8.61. The van der Waals surface area contributed by atoms with E-state index in [-0.39, 0.29) is 5.95 Å². The summed E-state index contributed by atoms with van der Waals surface area (Å²) in [6.45, 7) is 2.62. The molecule has 0 bridgehead atoms. The maximum Gasteiger partial charge on any atom is 0.490 e. The molecule has 0 amide bonds. The Kier molecular flexibility index (Phi) is 6.10. The summed E-state index contributed by atoms with van der Waals surface area (Å²) < 4.78 is 39.4. The summed E-state index contributed by atoms with van der Waals surface area (Å²) >= 11 is 0.